The van der Waals surface area contributed by atoms with Crippen LogP contribution in [0.1, 0.15) is 27.6 Å². The molecule has 24 heavy (non-hydrogen) atoms. The quantitative estimate of drug-likeness (QED) is 0.785. The molecule has 0 aliphatic rings. The average molecular weight is 366 g/mol. The van der Waals surface area contributed by atoms with E-state index in [1.54, 1.807) is 19.2 Å². The van der Waals surface area contributed by atoms with Crippen molar-refractivity contribution in [3.63, 3.8) is 0 Å². The third-order valence-corrected chi connectivity index (χ3v) is 2.67. The van der Waals surface area contributed by atoms with Crippen molar-refractivity contribution in [1.29, 1.82) is 0 Å². The van der Waals surface area contributed by atoms with Crippen molar-refractivity contribution in [1.82, 2.24) is 19.9 Å². The lowest BCUT2D eigenvalue weighted by Crippen LogP contribution is -2.34. The minimum atomic E-state index is -5.11. The molecule has 0 saturated heterocycles. The molecule has 2 aromatic heterocycles. The number of aromatic nitrogens is 4. The first-order valence-corrected chi connectivity index (χ1v) is 7.06. The third kappa shape index (κ3) is 4.92. The zero-order valence-electron chi connectivity index (χ0n) is 17.5. The Morgan fingerprint density at radius 3 is 2.38 bits per heavy atom. The van der Waals surface area contributed by atoms with Crippen LogP contribution in [-0.4, -0.2) is 38.2 Å². The van der Waals surface area contributed by atoms with Crippen LogP contribution in [0.3, 0.4) is 0 Å². The zero-order chi connectivity index (χ0) is 22.1. The van der Waals surface area contributed by atoms with Gasteiger partial charge >= 0.3 is 6.18 Å². The maximum absolute atomic E-state index is 13.2. The Kier molecular flexibility index (Phi) is 3.65. The smallest absolute Gasteiger partial charge is 0.352 e. The summed E-state index contributed by atoms with van der Waals surface area (Å²) < 4.78 is 76.5. The molecule has 0 fully saturated rings. The standard InChI is InChI=1S/C14H16ClF3N6/c1-7(2)19-12-22-11(9-5-4-6-10(15)21-9)23-13(24-12)20-8(3)14(16,17)18/h4-8H,1-3H3,(H2,19,20,22,23,24)/t8-/m1/s1/i3D3,5D,6D. The van der Waals surface area contributed by atoms with E-state index in [-0.39, 0.29) is 40.7 Å². The summed E-state index contributed by atoms with van der Waals surface area (Å²) in [7, 11) is 0. The zero-order valence-corrected chi connectivity index (χ0v) is 13.3. The SMILES string of the molecule is [2H]c1cc([2H])c(-c2nc(NC(C)C)nc(N[C@H](C([2H])([2H])[2H])C(F)(F)F)n2)nc1Cl. The first-order valence-electron chi connectivity index (χ1n) is 9.18. The van der Waals surface area contributed by atoms with E-state index in [2.05, 4.69) is 25.3 Å². The molecule has 0 spiro atoms. The van der Waals surface area contributed by atoms with E-state index in [0.717, 1.165) is 6.07 Å². The Bertz CT molecular complexity index is 879. The van der Waals surface area contributed by atoms with Crippen molar-refractivity contribution in [2.75, 3.05) is 10.6 Å². The largest absolute Gasteiger partial charge is 0.408 e. The molecule has 0 aromatic carbocycles. The summed E-state index contributed by atoms with van der Waals surface area (Å²) in [4.78, 5) is 15.4. The van der Waals surface area contributed by atoms with Crippen LogP contribution in [0.25, 0.3) is 11.5 Å². The Hall–Kier alpha value is -2.16. The number of nitrogens with one attached hydrogen (secondary N) is 2. The second-order valence-electron chi connectivity index (χ2n) is 4.91. The van der Waals surface area contributed by atoms with Crippen LogP contribution in [0, 0.1) is 0 Å². The van der Waals surface area contributed by atoms with Gasteiger partial charge in [0, 0.05) is 10.2 Å². The van der Waals surface area contributed by atoms with Crippen molar-refractivity contribution in [2.24, 2.45) is 0 Å². The van der Waals surface area contributed by atoms with Gasteiger partial charge in [-0.2, -0.15) is 28.1 Å². The predicted molar refractivity (Wildman–Crippen MR) is 86.0 cm³/mol. The maximum Gasteiger partial charge on any atom is 0.408 e. The molecule has 1 atom stereocenters. The molecule has 6 nitrogen and oxygen atoms in total. The summed E-state index contributed by atoms with van der Waals surface area (Å²) in [6, 6.07) is -2.61. The van der Waals surface area contributed by atoms with Crippen molar-refractivity contribution in [3.05, 3.63) is 23.3 Å². The summed E-state index contributed by atoms with van der Waals surface area (Å²) in [5, 5.41) is 4.28. The summed E-state index contributed by atoms with van der Waals surface area (Å²) in [5.74, 6) is -1.15. The van der Waals surface area contributed by atoms with Gasteiger partial charge in [0.05, 0.1) is 2.74 Å². The number of rotatable bonds is 5. The summed E-state index contributed by atoms with van der Waals surface area (Å²) in [5.41, 5.74) is -0.208. The number of nitrogens with zero attached hydrogens (tertiary/aromatic N) is 4. The van der Waals surface area contributed by atoms with E-state index in [9.17, 15) is 13.2 Å². The van der Waals surface area contributed by atoms with E-state index in [4.69, 9.17) is 18.5 Å². The number of halogens is 4. The summed E-state index contributed by atoms with van der Waals surface area (Å²) >= 11 is 5.80. The van der Waals surface area contributed by atoms with E-state index in [1.807, 2.05) is 0 Å². The first-order chi connectivity index (χ1) is 13.2. The van der Waals surface area contributed by atoms with Gasteiger partial charge in [-0.1, -0.05) is 17.7 Å². The maximum atomic E-state index is 13.2. The Morgan fingerprint density at radius 2 is 1.79 bits per heavy atom. The lowest BCUT2D eigenvalue weighted by atomic mass is 10.3. The van der Waals surface area contributed by atoms with Crippen LogP contribution in [0.2, 0.25) is 5.15 Å². The molecule has 0 aliphatic heterocycles. The van der Waals surface area contributed by atoms with Gasteiger partial charge in [-0.15, -0.1) is 0 Å². The number of anilines is 2. The van der Waals surface area contributed by atoms with Crippen LogP contribution in [-0.2, 0) is 0 Å². The molecule has 0 aliphatic carbocycles. The van der Waals surface area contributed by atoms with Gasteiger partial charge in [0.1, 0.15) is 16.9 Å². The average Bonchev–Trinajstić information content (AvgIpc) is 2.53. The van der Waals surface area contributed by atoms with Crippen LogP contribution in [0.15, 0.2) is 18.2 Å². The molecule has 2 aromatic rings. The molecule has 0 radical (unpaired) electrons. The molecule has 10 heteroatoms. The molecule has 2 heterocycles. The van der Waals surface area contributed by atoms with E-state index < -0.39 is 25.0 Å². The van der Waals surface area contributed by atoms with Gasteiger partial charge in [-0.05, 0) is 32.8 Å². The number of hydrogen-bond acceptors (Lipinski definition) is 6. The van der Waals surface area contributed by atoms with Gasteiger partial charge in [-0.3, -0.25) is 0 Å². The molecular formula is C14H16ClF3N6. The highest BCUT2D eigenvalue weighted by Gasteiger charge is 2.36. The van der Waals surface area contributed by atoms with Gasteiger partial charge < -0.3 is 10.6 Å². The van der Waals surface area contributed by atoms with Crippen molar-refractivity contribution in [3.8, 4) is 11.5 Å². The van der Waals surface area contributed by atoms with Crippen molar-refractivity contribution >= 4 is 23.5 Å². The van der Waals surface area contributed by atoms with Gasteiger partial charge in [0.15, 0.2) is 5.82 Å². The van der Waals surface area contributed by atoms with Crippen molar-refractivity contribution < 1.29 is 20.0 Å². The monoisotopic (exact) mass is 365 g/mol. The van der Waals surface area contributed by atoms with Crippen LogP contribution in [0.5, 0.6) is 0 Å². The minimum absolute atomic E-state index is 0.161. The second-order valence-corrected chi connectivity index (χ2v) is 5.27. The lowest BCUT2D eigenvalue weighted by Gasteiger charge is -2.18. The highest BCUT2D eigenvalue weighted by Crippen LogP contribution is 2.24. The minimum Gasteiger partial charge on any atom is -0.352 e. The number of alkyl halides is 3. The van der Waals surface area contributed by atoms with Crippen LogP contribution < -0.4 is 10.6 Å². The number of hydrogen-bond donors (Lipinski definition) is 2. The van der Waals surface area contributed by atoms with Gasteiger partial charge in [0.25, 0.3) is 0 Å². The third-order valence-electron chi connectivity index (χ3n) is 2.48. The predicted octanol–water partition coefficient (Wildman–Crippen LogP) is 3.77. The molecule has 0 unspecified atom stereocenters. The number of pyridine rings is 1. The molecule has 0 bridgehead atoms. The first kappa shape index (κ1) is 12.2. The summed E-state index contributed by atoms with van der Waals surface area (Å²) in [6.45, 7) is 0.0144. The van der Waals surface area contributed by atoms with E-state index in [0.29, 0.717) is 0 Å². The normalized spacial score (nSPS) is 16.5. The van der Waals surface area contributed by atoms with Gasteiger partial charge in [0.2, 0.25) is 11.9 Å². The Balaban J connectivity index is 2.59. The highest BCUT2D eigenvalue weighted by molar-refractivity contribution is 6.29. The fourth-order valence-corrected chi connectivity index (χ4v) is 1.66. The van der Waals surface area contributed by atoms with Crippen molar-refractivity contribution in [2.45, 2.75) is 39.0 Å². The molecule has 0 saturated carbocycles. The fraction of sp³-hybridized carbons (Fsp3) is 0.429. The second kappa shape index (κ2) is 7.16. The molecule has 0 amide bonds. The molecule has 2 rings (SSSR count). The lowest BCUT2D eigenvalue weighted by molar-refractivity contribution is -0.138. The highest BCUT2D eigenvalue weighted by atomic mass is 35.5. The Labute approximate surface area is 148 Å². The molecular weight excluding hydrogens is 345 g/mol. The van der Waals surface area contributed by atoms with E-state index in [1.165, 1.54) is 0 Å². The molecule has 130 valence electrons. The fourth-order valence-electron chi connectivity index (χ4n) is 1.52. The Morgan fingerprint density at radius 1 is 1.12 bits per heavy atom. The topological polar surface area (TPSA) is 75.6 Å². The van der Waals surface area contributed by atoms with Crippen LogP contribution in [0.4, 0.5) is 25.1 Å². The van der Waals surface area contributed by atoms with Gasteiger partial charge in [-0.25, -0.2) is 4.98 Å². The molecule has 2 N–H and O–H groups in total. The summed E-state index contributed by atoms with van der Waals surface area (Å²) in [6.07, 6.45) is -5.11. The van der Waals surface area contributed by atoms with E-state index >= 15 is 0 Å². The van der Waals surface area contributed by atoms with Crippen LogP contribution >= 0.6 is 11.6 Å².